The molecule has 1 N–H and O–H groups in total. The molecule has 1 aliphatic heterocycles. The minimum Gasteiger partial charge on any atom is -0.380 e. The third-order valence-corrected chi connectivity index (χ3v) is 5.28. The molecule has 0 aromatic heterocycles. The van der Waals surface area contributed by atoms with Crippen molar-refractivity contribution in [1.29, 1.82) is 0 Å². The van der Waals surface area contributed by atoms with Crippen LogP contribution in [0.4, 0.5) is 0 Å². The van der Waals surface area contributed by atoms with Crippen LogP contribution in [0.15, 0.2) is 0 Å². The fraction of sp³-hybridized carbons (Fsp3) is 1.00. The lowest BCUT2D eigenvalue weighted by Gasteiger charge is -2.54. The maximum absolute atomic E-state index is 5.89. The first kappa shape index (κ1) is 17.2. The predicted octanol–water partition coefficient (Wildman–Crippen LogP) is 3.44. The van der Waals surface area contributed by atoms with E-state index in [2.05, 4.69) is 37.9 Å². The molecule has 1 heterocycles. The van der Waals surface area contributed by atoms with Crippen LogP contribution in [0.5, 0.6) is 0 Å². The van der Waals surface area contributed by atoms with Gasteiger partial charge >= 0.3 is 0 Å². The van der Waals surface area contributed by atoms with Crippen LogP contribution in [0.3, 0.4) is 0 Å². The summed E-state index contributed by atoms with van der Waals surface area (Å²) in [7, 11) is 0. The molecule has 21 heavy (non-hydrogen) atoms. The summed E-state index contributed by atoms with van der Waals surface area (Å²) < 4.78 is 5.89. The summed E-state index contributed by atoms with van der Waals surface area (Å²) in [5.41, 5.74) is 0.649. The van der Waals surface area contributed by atoms with Gasteiger partial charge in [-0.3, -0.25) is 4.90 Å². The van der Waals surface area contributed by atoms with Crippen LogP contribution in [-0.4, -0.2) is 48.8 Å². The molecule has 1 saturated heterocycles. The topological polar surface area (TPSA) is 24.5 Å². The highest BCUT2D eigenvalue weighted by atomic mass is 16.5. The van der Waals surface area contributed by atoms with Crippen LogP contribution in [-0.2, 0) is 4.74 Å². The molecule has 0 radical (unpaired) electrons. The second-order valence-electron chi connectivity index (χ2n) is 8.24. The minimum absolute atomic E-state index is 0.237. The van der Waals surface area contributed by atoms with Gasteiger partial charge in [0, 0.05) is 37.3 Å². The molecule has 2 rings (SSSR count). The summed E-state index contributed by atoms with van der Waals surface area (Å²) in [4.78, 5) is 2.75. The predicted molar refractivity (Wildman–Crippen MR) is 89.7 cm³/mol. The average molecular weight is 296 g/mol. The van der Waals surface area contributed by atoms with Crippen molar-refractivity contribution >= 4 is 0 Å². The second kappa shape index (κ2) is 7.43. The summed E-state index contributed by atoms with van der Waals surface area (Å²) >= 11 is 0. The van der Waals surface area contributed by atoms with Gasteiger partial charge in [-0.05, 0) is 39.0 Å². The molecule has 0 atom stereocenters. The van der Waals surface area contributed by atoms with E-state index in [-0.39, 0.29) is 5.54 Å². The van der Waals surface area contributed by atoms with Crippen molar-refractivity contribution in [2.75, 3.05) is 32.8 Å². The van der Waals surface area contributed by atoms with E-state index < -0.39 is 0 Å². The number of hydrogen-bond donors (Lipinski definition) is 1. The van der Waals surface area contributed by atoms with Gasteiger partial charge in [0.15, 0.2) is 0 Å². The quantitative estimate of drug-likeness (QED) is 0.760. The molecule has 2 aliphatic rings. The fourth-order valence-electron chi connectivity index (χ4n) is 3.83. The van der Waals surface area contributed by atoms with Crippen molar-refractivity contribution in [3.8, 4) is 0 Å². The Morgan fingerprint density at radius 3 is 2.48 bits per heavy atom. The van der Waals surface area contributed by atoms with Crippen LogP contribution < -0.4 is 5.32 Å². The van der Waals surface area contributed by atoms with Gasteiger partial charge < -0.3 is 10.1 Å². The van der Waals surface area contributed by atoms with E-state index in [0.29, 0.717) is 5.54 Å². The van der Waals surface area contributed by atoms with Crippen molar-refractivity contribution in [3.05, 3.63) is 0 Å². The summed E-state index contributed by atoms with van der Waals surface area (Å²) in [5, 5.41) is 3.78. The van der Waals surface area contributed by atoms with Gasteiger partial charge in [-0.2, -0.15) is 0 Å². The van der Waals surface area contributed by atoms with Gasteiger partial charge in [0.05, 0.1) is 6.61 Å². The maximum Gasteiger partial charge on any atom is 0.0593 e. The minimum atomic E-state index is 0.237. The number of piperazine rings is 1. The standard InChI is InChI=1S/C18H36N2O/c1-16(2)8-12-21-13-11-20-15-17(3,4)19-14-18(20)9-6-5-7-10-18/h16,19H,5-15H2,1-4H3. The smallest absolute Gasteiger partial charge is 0.0593 e. The van der Waals surface area contributed by atoms with E-state index in [0.717, 1.165) is 38.8 Å². The van der Waals surface area contributed by atoms with E-state index in [1.807, 2.05) is 0 Å². The highest BCUT2D eigenvalue weighted by Gasteiger charge is 2.44. The molecule has 1 spiro atoms. The Bertz CT molecular complexity index is 308. The first-order valence-corrected chi connectivity index (χ1v) is 9.01. The van der Waals surface area contributed by atoms with Crippen molar-refractivity contribution in [2.24, 2.45) is 5.92 Å². The summed E-state index contributed by atoms with van der Waals surface area (Å²) in [6.07, 6.45) is 8.12. The number of rotatable bonds is 6. The van der Waals surface area contributed by atoms with Gasteiger partial charge in [0.2, 0.25) is 0 Å². The van der Waals surface area contributed by atoms with Crippen LogP contribution in [0, 0.1) is 5.92 Å². The normalized spacial score (nSPS) is 25.6. The SMILES string of the molecule is CC(C)CCOCCN1CC(C)(C)NCC12CCCCC2. The Morgan fingerprint density at radius 1 is 1.10 bits per heavy atom. The first-order chi connectivity index (χ1) is 9.94. The van der Waals surface area contributed by atoms with Crippen LogP contribution in [0.2, 0.25) is 0 Å². The zero-order valence-corrected chi connectivity index (χ0v) is 14.7. The third-order valence-electron chi connectivity index (χ3n) is 5.28. The number of hydrogen-bond acceptors (Lipinski definition) is 3. The summed E-state index contributed by atoms with van der Waals surface area (Å²) in [6, 6.07) is 0. The second-order valence-corrected chi connectivity index (χ2v) is 8.24. The third kappa shape index (κ3) is 4.94. The van der Waals surface area contributed by atoms with E-state index in [4.69, 9.17) is 4.74 Å². The van der Waals surface area contributed by atoms with Gasteiger partial charge in [0.25, 0.3) is 0 Å². The number of ether oxygens (including phenoxy) is 1. The molecule has 2 fully saturated rings. The van der Waals surface area contributed by atoms with Gasteiger partial charge in [-0.1, -0.05) is 33.1 Å². The first-order valence-electron chi connectivity index (χ1n) is 9.01. The molecule has 3 nitrogen and oxygen atoms in total. The molecule has 0 aromatic rings. The Labute approximate surface area is 131 Å². The summed E-state index contributed by atoms with van der Waals surface area (Å²) in [5.74, 6) is 0.743. The van der Waals surface area contributed by atoms with E-state index in [1.54, 1.807) is 0 Å². The van der Waals surface area contributed by atoms with Crippen molar-refractivity contribution in [1.82, 2.24) is 10.2 Å². The molecule has 1 saturated carbocycles. The lowest BCUT2D eigenvalue weighted by atomic mass is 9.77. The number of nitrogens with zero attached hydrogens (tertiary/aromatic N) is 1. The molecule has 124 valence electrons. The zero-order valence-electron chi connectivity index (χ0n) is 14.7. The van der Waals surface area contributed by atoms with Gasteiger partial charge in [-0.15, -0.1) is 0 Å². The Kier molecular flexibility index (Phi) is 6.10. The van der Waals surface area contributed by atoms with Gasteiger partial charge in [-0.25, -0.2) is 0 Å². The Hall–Kier alpha value is -0.120. The molecular formula is C18H36N2O. The Morgan fingerprint density at radius 2 is 1.81 bits per heavy atom. The molecule has 0 bridgehead atoms. The molecule has 0 aromatic carbocycles. The van der Waals surface area contributed by atoms with Crippen LogP contribution in [0.25, 0.3) is 0 Å². The van der Waals surface area contributed by atoms with Crippen molar-refractivity contribution in [2.45, 2.75) is 77.3 Å². The van der Waals surface area contributed by atoms with E-state index in [9.17, 15) is 0 Å². The zero-order chi connectivity index (χ0) is 15.3. The van der Waals surface area contributed by atoms with E-state index in [1.165, 1.54) is 38.5 Å². The molecule has 0 unspecified atom stereocenters. The lowest BCUT2D eigenvalue weighted by Crippen LogP contribution is -2.69. The average Bonchev–Trinajstić information content (AvgIpc) is 2.43. The highest BCUT2D eigenvalue weighted by Crippen LogP contribution is 2.36. The van der Waals surface area contributed by atoms with E-state index >= 15 is 0 Å². The summed E-state index contributed by atoms with van der Waals surface area (Å²) in [6.45, 7) is 14.4. The molecular weight excluding hydrogens is 260 g/mol. The fourth-order valence-corrected chi connectivity index (χ4v) is 3.83. The van der Waals surface area contributed by atoms with Crippen LogP contribution >= 0.6 is 0 Å². The molecule has 3 heteroatoms. The Balaban J connectivity index is 1.85. The van der Waals surface area contributed by atoms with Crippen molar-refractivity contribution in [3.63, 3.8) is 0 Å². The monoisotopic (exact) mass is 296 g/mol. The molecule has 1 aliphatic carbocycles. The maximum atomic E-state index is 5.89. The largest absolute Gasteiger partial charge is 0.380 e. The molecule has 0 amide bonds. The number of nitrogens with one attached hydrogen (secondary N) is 1. The van der Waals surface area contributed by atoms with Crippen LogP contribution in [0.1, 0.15) is 66.2 Å². The van der Waals surface area contributed by atoms with Crippen molar-refractivity contribution < 1.29 is 4.74 Å². The van der Waals surface area contributed by atoms with Gasteiger partial charge in [0.1, 0.15) is 0 Å². The highest BCUT2D eigenvalue weighted by molar-refractivity contribution is 5.03. The lowest BCUT2D eigenvalue weighted by molar-refractivity contribution is -0.0281.